The summed E-state index contributed by atoms with van der Waals surface area (Å²) in [6.45, 7) is 1.58. The maximum absolute atomic E-state index is 11.9. The number of benzene rings is 1. The fourth-order valence-corrected chi connectivity index (χ4v) is 3.42. The van der Waals surface area contributed by atoms with E-state index in [9.17, 15) is 4.79 Å². The predicted molar refractivity (Wildman–Crippen MR) is 82.4 cm³/mol. The van der Waals surface area contributed by atoms with Gasteiger partial charge in [-0.3, -0.25) is 4.79 Å². The summed E-state index contributed by atoms with van der Waals surface area (Å²) in [5.41, 5.74) is 1.12. The van der Waals surface area contributed by atoms with Crippen LogP contribution in [0.15, 0.2) is 23.1 Å². The molecule has 1 heterocycles. The average Bonchev–Trinajstić information content (AvgIpc) is 2.44. The first-order valence-electron chi connectivity index (χ1n) is 6.62. The van der Waals surface area contributed by atoms with Crippen LogP contribution in [0.1, 0.15) is 18.0 Å². The Morgan fingerprint density at radius 2 is 2.40 bits per heavy atom. The van der Waals surface area contributed by atoms with Crippen LogP contribution in [0.25, 0.3) is 0 Å². The van der Waals surface area contributed by atoms with Crippen molar-refractivity contribution in [3.8, 4) is 0 Å². The predicted octanol–water partition coefficient (Wildman–Crippen LogP) is 2.23. The van der Waals surface area contributed by atoms with Gasteiger partial charge in [0.15, 0.2) is 0 Å². The van der Waals surface area contributed by atoms with E-state index in [4.69, 9.17) is 16.3 Å². The number of carbonyl (C=O) groups is 1. The number of methoxy groups -OCH3 is 1. The highest BCUT2D eigenvalue weighted by atomic mass is 35.5. The van der Waals surface area contributed by atoms with Crippen LogP contribution in [0.2, 0.25) is 5.02 Å². The second-order valence-corrected chi connectivity index (χ2v) is 6.18. The summed E-state index contributed by atoms with van der Waals surface area (Å²) in [6.07, 6.45) is 0.932. The molecule has 0 aromatic heterocycles. The molecule has 1 aromatic rings. The summed E-state index contributed by atoms with van der Waals surface area (Å²) in [4.78, 5) is 13.1. The highest BCUT2D eigenvalue weighted by Gasteiger charge is 2.22. The van der Waals surface area contributed by atoms with Crippen molar-refractivity contribution in [2.24, 2.45) is 0 Å². The molecule has 1 amide bonds. The van der Waals surface area contributed by atoms with Crippen molar-refractivity contribution in [1.29, 1.82) is 0 Å². The Labute approximate surface area is 128 Å². The van der Waals surface area contributed by atoms with Crippen LogP contribution in [-0.2, 0) is 9.53 Å². The number of thioether (sulfide) groups is 1. The molecule has 0 fully saturated rings. The van der Waals surface area contributed by atoms with E-state index in [-0.39, 0.29) is 11.9 Å². The van der Waals surface area contributed by atoms with Gasteiger partial charge in [-0.1, -0.05) is 11.6 Å². The highest BCUT2D eigenvalue weighted by molar-refractivity contribution is 7.99. The Morgan fingerprint density at radius 3 is 3.20 bits per heavy atom. The fourth-order valence-electron chi connectivity index (χ4n) is 2.14. The van der Waals surface area contributed by atoms with Crippen LogP contribution < -0.4 is 10.6 Å². The van der Waals surface area contributed by atoms with Gasteiger partial charge in [-0.05, 0) is 30.2 Å². The normalized spacial score (nSPS) is 17.6. The Hall–Kier alpha value is -0.750. The van der Waals surface area contributed by atoms with Gasteiger partial charge in [0.05, 0.1) is 19.2 Å². The number of hydrogen-bond donors (Lipinski definition) is 2. The molecule has 2 N–H and O–H groups in total. The average molecular weight is 315 g/mol. The number of fused-ring (bicyclic) bond motifs is 1. The van der Waals surface area contributed by atoms with Crippen molar-refractivity contribution in [3.05, 3.63) is 28.8 Å². The molecule has 1 aromatic carbocycles. The van der Waals surface area contributed by atoms with Crippen LogP contribution >= 0.6 is 23.4 Å². The van der Waals surface area contributed by atoms with Gasteiger partial charge in [0.25, 0.3) is 0 Å². The molecular formula is C14H19ClN2O2S. The molecule has 1 atom stereocenters. The van der Waals surface area contributed by atoms with Gasteiger partial charge < -0.3 is 15.4 Å². The van der Waals surface area contributed by atoms with E-state index in [0.29, 0.717) is 24.7 Å². The topological polar surface area (TPSA) is 50.4 Å². The Balaban J connectivity index is 1.91. The van der Waals surface area contributed by atoms with Crippen molar-refractivity contribution in [2.45, 2.75) is 17.4 Å². The maximum atomic E-state index is 11.9. The van der Waals surface area contributed by atoms with Gasteiger partial charge in [-0.15, -0.1) is 11.8 Å². The molecule has 1 aliphatic heterocycles. The molecule has 1 aliphatic rings. The molecule has 0 saturated carbocycles. The molecule has 6 heteroatoms. The first-order chi connectivity index (χ1) is 9.70. The van der Waals surface area contributed by atoms with E-state index in [1.54, 1.807) is 7.11 Å². The van der Waals surface area contributed by atoms with Gasteiger partial charge in [-0.2, -0.15) is 0 Å². The molecule has 0 bridgehead atoms. The van der Waals surface area contributed by atoms with E-state index in [0.717, 1.165) is 17.7 Å². The number of halogens is 1. The van der Waals surface area contributed by atoms with E-state index >= 15 is 0 Å². The standard InChI is InChI=1S/C14H19ClN2O2S/c1-19-6-5-16-9-14(18)17-12-4-7-20-13-3-2-10(15)8-11(12)13/h2-3,8,12,16H,4-7,9H2,1H3,(H,17,18). The van der Waals surface area contributed by atoms with Gasteiger partial charge in [0, 0.05) is 29.3 Å². The summed E-state index contributed by atoms with van der Waals surface area (Å²) in [7, 11) is 1.64. The Morgan fingerprint density at radius 1 is 1.55 bits per heavy atom. The van der Waals surface area contributed by atoms with Gasteiger partial charge in [0.2, 0.25) is 5.91 Å². The maximum Gasteiger partial charge on any atom is 0.234 e. The highest BCUT2D eigenvalue weighted by Crippen LogP contribution is 2.37. The third-order valence-corrected chi connectivity index (χ3v) is 4.47. The minimum Gasteiger partial charge on any atom is -0.383 e. The van der Waals surface area contributed by atoms with Crippen LogP contribution in [0.4, 0.5) is 0 Å². The number of rotatable bonds is 6. The monoisotopic (exact) mass is 314 g/mol. The number of nitrogens with one attached hydrogen (secondary N) is 2. The molecule has 20 heavy (non-hydrogen) atoms. The molecule has 1 unspecified atom stereocenters. The van der Waals surface area contributed by atoms with E-state index in [1.807, 2.05) is 30.0 Å². The van der Waals surface area contributed by atoms with Crippen LogP contribution in [0.3, 0.4) is 0 Å². The molecule has 0 aliphatic carbocycles. The van der Waals surface area contributed by atoms with Gasteiger partial charge >= 0.3 is 0 Å². The second-order valence-electron chi connectivity index (χ2n) is 4.61. The van der Waals surface area contributed by atoms with Crippen LogP contribution in [-0.4, -0.2) is 38.5 Å². The minimum atomic E-state index is 0.00364. The van der Waals surface area contributed by atoms with Crippen molar-refractivity contribution in [3.63, 3.8) is 0 Å². The molecule has 2 rings (SSSR count). The minimum absolute atomic E-state index is 0.00364. The van der Waals surface area contributed by atoms with Crippen molar-refractivity contribution in [1.82, 2.24) is 10.6 Å². The lowest BCUT2D eigenvalue weighted by Gasteiger charge is -2.26. The third-order valence-electron chi connectivity index (χ3n) is 3.12. The van der Waals surface area contributed by atoms with Crippen LogP contribution in [0, 0.1) is 0 Å². The van der Waals surface area contributed by atoms with Crippen molar-refractivity contribution >= 4 is 29.3 Å². The zero-order valence-electron chi connectivity index (χ0n) is 11.4. The lowest BCUT2D eigenvalue weighted by Crippen LogP contribution is -2.38. The summed E-state index contributed by atoms with van der Waals surface area (Å²) >= 11 is 7.86. The first-order valence-corrected chi connectivity index (χ1v) is 7.98. The largest absolute Gasteiger partial charge is 0.383 e. The van der Waals surface area contributed by atoms with Gasteiger partial charge in [0.1, 0.15) is 0 Å². The zero-order valence-corrected chi connectivity index (χ0v) is 13.0. The SMILES string of the molecule is COCCNCC(=O)NC1CCSc2ccc(Cl)cc21. The fraction of sp³-hybridized carbons (Fsp3) is 0.500. The summed E-state index contributed by atoms with van der Waals surface area (Å²) < 4.78 is 4.92. The Bertz CT molecular complexity index is 470. The molecule has 0 saturated heterocycles. The lowest BCUT2D eigenvalue weighted by atomic mass is 10.0. The molecular weight excluding hydrogens is 296 g/mol. The van der Waals surface area contributed by atoms with E-state index in [1.165, 1.54) is 4.90 Å². The smallest absolute Gasteiger partial charge is 0.234 e. The third kappa shape index (κ3) is 4.38. The quantitative estimate of drug-likeness (QED) is 0.791. The summed E-state index contributed by atoms with van der Waals surface area (Å²) in [5.74, 6) is 1.01. The molecule has 0 spiro atoms. The van der Waals surface area contributed by atoms with Crippen LogP contribution in [0.5, 0.6) is 0 Å². The zero-order chi connectivity index (χ0) is 14.4. The molecule has 4 nitrogen and oxygen atoms in total. The number of hydrogen-bond acceptors (Lipinski definition) is 4. The van der Waals surface area contributed by atoms with Crippen molar-refractivity contribution in [2.75, 3.05) is 32.6 Å². The first kappa shape index (κ1) is 15.6. The number of amides is 1. The van der Waals surface area contributed by atoms with Gasteiger partial charge in [-0.25, -0.2) is 0 Å². The number of ether oxygens (including phenoxy) is 1. The van der Waals surface area contributed by atoms with E-state index in [2.05, 4.69) is 10.6 Å². The van der Waals surface area contributed by atoms with Crippen molar-refractivity contribution < 1.29 is 9.53 Å². The summed E-state index contributed by atoms with van der Waals surface area (Å²) in [6, 6.07) is 5.93. The second kappa shape index (κ2) is 7.88. The number of carbonyl (C=O) groups excluding carboxylic acids is 1. The molecule has 110 valence electrons. The Kier molecular flexibility index (Phi) is 6.16. The lowest BCUT2D eigenvalue weighted by molar-refractivity contribution is -0.121. The van der Waals surface area contributed by atoms with E-state index < -0.39 is 0 Å². The summed E-state index contributed by atoms with van der Waals surface area (Å²) in [5, 5.41) is 6.82. The molecule has 0 radical (unpaired) electrons.